The summed E-state index contributed by atoms with van der Waals surface area (Å²) in [5.74, 6) is 0.889. The van der Waals surface area contributed by atoms with Crippen LogP contribution in [-0.4, -0.2) is 56.1 Å². The summed E-state index contributed by atoms with van der Waals surface area (Å²) < 4.78 is 15.2. The molecule has 0 unspecified atom stereocenters. The molecule has 3 amide bonds. The van der Waals surface area contributed by atoms with Crippen molar-refractivity contribution in [2.75, 3.05) is 39.3 Å². The predicted molar refractivity (Wildman–Crippen MR) is 124 cm³/mol. The Morgan fingerprint density at radius 2 is 1.85 bits per heavy atom. The monoisotopic (exact) mass is 453 g/mol. The predicted octanol–water partition coefficient (Wildman–Crippen LogP) is 3.32. The number of ether oxygens (including phenoxy) is 3. The van der Waals surface area contributed by atoms with E-state index in [0.717, 1.165) is 27.5 Å². The molecule has 1 aromatic carbocycles. The van der Waals surface area contributed by atoms with Crippen molar-refractivity contribution in [1.82, 2.24) is 20.6 Å². The average Bonchev–Trinajstić information content (AvgIpc) is 2.82. The van der Waals surface area contributed by atoms with Gasteiger partial charge in [-0.2, -0.15) is 0 Å². The van der Waals surface area contributed by atoms with E-state index in [1.54, 1.807) is 25.6 Å². The largest absolute Gasteiger partial charge is 0.481 e. The number of carbonyl (C=O) groups is 2. The number of hydrogen-bond acceptors (Lipinski definition) is 7. The fourth-order valence-electron chi connectivity index (χ4n) is 3.22. The van der Waals surface area contributed by atoms with Crippen molar-refractivity contribution in [3.05, 3.63) is 48.3 Å². The smallest absolute Gasteiger partial charge is 0.407 e. The molecule has 2 heterocycles. The van der Waals surface area contributed by atoms with Crippen LogP contribution >= 0.6 is 0 Å². The summed E-state index contributed by atoms with van der Waals surface area (Å²) in [4.78, 5) is 32.5. The second kappa shape index (κ2) is 11.6. The molecule has 0 fully saturated rings. The Morgan fingerprint density at radius 1 is 1.00 bits per heavy atom. The molecule has 0 atom stereocenters. The Labute approximate surface area is 191 Å². The highest BCUT2D eigenvalue weighted by molar-refractivity contribution is 6.01. The Morgan fingerprint density at radius 3 is 2.61 bits per heavy atom. The van der Waals surface area contributed by atoms with Crippen molar-refractivity contribution in [1.29, 1.82) is 0 Å². The number of nitrogens with one attached hydrogen (secondary N) is 3. The van der Waals surface area contributed by atoms with Crippen LogP contribution in [0.5, 0.6) is 5.88 Å². The molecule has 3 N–H and O–H groups in total. The van der Waals surface area contributed by atoms with Crippen LogP contribution in [0.15, 0.2) is 42.7 Å². The van der Waals surface area contributed by atoms with Crippen molar-refractivity contribution in [3.8, 4) is 17.0 Å². The quantitative estimate of drug-likeness (QED) is 0.425. The maximum Gasteiger partial charge on any atom is 0.407 e. The minimum Gasteiger partial charge on any atom is -0.481 e. The first-order valence-corrected chi connectivity index (χ1v) is 10.4. The van der Waals surface area contributed by atoms with Crippen molar-refractivity contribution in [3.63, 3.8) is 0 Å². The maximum absolute atomic E-state index is 12.0. The number of pyridine rings is 2. The zero-order chi connectivity index (χ0) is 23.6. The minimum absolute atomic E-state index is 0.169. The van der Waals surface area contributed by atoms with Gasteiger partial charge in [0, 0.05) is 44.0 Å². The number of aromatic nitrogens is 2. The van der Waals surface area contributed by atoms with E-state index in [1.807, 2.05) is 31.2 Å². The van der Waals surface area contributed by atoms with Crippen LogP contribution in [0.3, 0.4) is 0 Å². The van der Waals surface area contributed by atoms with Gasteiger partial charge in [0.1, 0.15) is 12.4 Å². The van der Waals surface area contributed by atoms with E-state index in [-0.39, 0.29) is 19.2 Å². The van der Waals surface area contributed by atoms with Gasteiger partial charge in [0.15, 0.2) is 0 Å². The lowest BCUT2D eigenvalue weighted by molar-refractivity contribution is 0.0983. The second-order valence-corrected chi connectivity index (χ2v) is 6.94. The van der Waals surface area contributed by atoms with Crippen LogP contribution in [0, 0.1) is 0 Å². The summed E-state index contributed by atoms with van der Waals surface area (Å²) in [5.41, 5.74) is 2.63. The molecule has 33 heavy (non-hydrogen) atoms. The van der Waals surface area contributed by atoms with Gasteiger partial charge in [-0.05, 0) is 41.1 Å². The number of benzene rings is 1. The van der Waals surface area contributed by atoms with Crippen molar-refractivity contribution < 1.29 is 23.8 Å². The van der Waals surface area contributed by atoms with E-state index in [0.29, 0.717) is 24.8 Å². The number of urea groups is 1. The van der Waals surface area contributed by atoms with E-state index in [4.69, 9.17) is 14.2 Å². The molecule has 3 aromatic rings. The molecule has 10 heteroatoms. The van der Waals surface area contributed by atoms with E-state index in [2.05, 4.69) is 25.9 Å². The minimum atomic E-state index is -0.536. The highest BCUT2D eigenvalue weighted by Gasteiger charge is 2.13. The number of alkyl carbamates (subject to hydrolysis) is 1. The molecule has 0 aliphatic rings. The first-order valence-electron chi connectivity index (χ1n) is 10.4. The van der Waals surface area contributed by atoms with Gasteiger partial charge in [-0.1, -0.05) is 12.1 Å². The van der Waals surface area contributed by atoms with E-state index >= 15 is 0 Å². The number of amides is 3. The van der Waals surface area contributed by atoms with Gasteiger partial charge in [-0.15, -0.1) is 0 Å². The molecule has 0 spiro atoms. The van der Waals surface area contributed by atoms with Gasteiger partial charge < -0.3 is 24.8 Å². The second-order valence-electron chi connectivity index (χ2n) is 6.94. The van der Waals surface area contributed by atoms with Gasteiger partial charge in [-0.3, -0.25) is 5.32 Å². The van der Waals surface area contributed by atoms with Crippen LogP contribution in [0.4, 0.5) is 15.4 Å². The Bertz CT molecular complexity index is 1120. The molecule has 174 valence electrons. The molecular weight excluding hydrogens is 426 g/mol. The van der Waals surface area contributed by atoms with Gasteiger partial charge >= 0.3 is 12.1 Å². The van der Waals surface area contributed by atoms with E-state index in [1.165, 1.54) is 7.11 Å². The van der Waals surface area contributed by atoms with Crippen molar-refractivity contribution in [2.45, 2.75) is 13.5 Å². The molecule has 10 nitrogen and oxygen atoms in total. The molecule has 0 aliphatic heterocycles. The third-order valence-electron chi connectivity index (χ3n) is 4.77. The number of carbonyl (C=O) groups excluding carboxylic acids is 2. The third-order valence-corrected chi connectivity index (χ3v) is 4.77. The lowest BCUT2D eigenvalue weighted by Crippen LogP contribution is -2.28. The normalized spacial score (nSPS) is 10.5. The van der Waals surface area contributed by atoms with Crippen LogP contribution in [0.1, 0.15) is 12.5 Å². The topological polar surface area (TPSA) is 124 Å². The lowest BCUT2D eigenvalue weighted by atomic mass is 9.96. The molecule has 0 saturated heterocycles. The highest BCUT2D eigenvalue weighted by Crippen LogP contribution is 2.33. The van der Waals surface area contributed by atoms with Crippen LogP contribution < -0.4 is 20.7 Å². The van der Waals surface area contributed by atoms with Crippen LogP contribution in [0.2, 0.25) is 0 Å². The van der Waals surface area contributed by atoms with Gasteiger partial charge in [-0.25, -0.2) is 19.6 Å². The van der Waals surface area contributed by atoms with E-state index < -0.39 is 6.09 Å². The number of rotatable bonds is 9. The number of methoxy groups -OCH3 is 2. The van der Waals surface area contributed by atoms with Crippen molar-refractivity contribution in [2.24, 2.45) is 0 Å². The highest BCUT2D eigenvalue weighted by atomic mass is 16.6. The number of hydrogen-bond donors (Lipinski definition) is 3. The molecule has 3 rings (SSSR count). The number of fused-ring (bicyclic) bond motifs is 1. The maximum atomic E-state index is 12.0. The average molecular weight is 453 g/mol. The number of anilines is 1. The molecular formula is C23H27N5O5. The summed E-state index contributed by atoms with van der Waals surface area (Å²) >= 11 is 0. The Kier molecular flexibility index (Phi) is 8.36. The van der Waals surface area contributed by atoms with E-state index in [9.17, 15) is 9.59 Å². The summed E-state index contributed by atoms with van der Waals surface area (Å²) in [6.45, 7) is 3.07. The molecule has 0 saturated carbocycles. The van der Waals surface area contributed by atoms with Crippen LogP contribution in [-0.2, 0) is 16.0 Å². The SMILES string of the molecule is CCNC(=O)Nc1cc2c(-c3ccnc(OC)c3)ccc(CNC(=O)OCCOC)c2cn1. The van der Waals surface area contributed by atoms with Crippen molar-refractivity contribution >= 4 is 28.7 Å². The molecule has 0 aliphatic carbocycles. The number of nitrogens with zero attached hydrogens (tertiary/aromatic N) is 2. The molecule has 2 aromatic heterocycles. The lowest BCUT2D eigenvalue weighted by Gasteiger charge is -2.14. The molecule has 0 radical (unpaired) electrons. The zero-order valence-corrected chi connectivity index (χ0v) is 18.8. The fraction of sp³-hybridized carbons (Fsp3) is 0.304. The van der Waals surface area contributed by atoms with Crippen LogP contribution in [0.25, 0.3) is 21.9 Å². The molecule has 0 bridgehead atoms. The van der Waals surface area contributed by atoms with Gasteiger partial charge in [0.25, 0.3) is 0 Å². The van der Waals surface area contributed by atoms with Gasteiger partial charge in [0.05, 0.1) is 13.7 Å². The van der Waals surface area contributed by atoms with Gasteiger partial charge in [0.2, 0.25) is 5.88 Å². The first-order chi connectivity index (χ1) is 16.0. The summed E-state index contributed by atoms with van der Waals surface area (Å²) in [7, 11) is 3.10. The zero-order valence-electron chi connectivity index (χ0n) is 18.8. The Hall–Kier alpha value is -3.92. The Balaban J connectivity index is 1.96. The summed E-state index contributed by atoms with van der Waals surface area (Å²) in [6.07, 6.45) is 2.80. The first kappa shape index (κ1) is 23.7. The standard InChI is InChI=1S/C23H27N5O5/c1-4-24-22(29)28-20-12-18-17(15-7-8-25-21(11-15)32-3)6-5-16(19(18)14-26-20)13-27-23(30)33-10-9-31-2/h5-8,11-12,14H,4,9-10,13H2,1-3H3,(H,27,30)(H2,24,26,28,29). The fourth-order valence-corrected chi connectivity index (χ4v) is 3.22. The summed E-state index contributed by atoms with van der Waals surface area (Å²) in [5, 5.41) is 9.82. The third kappa shape index (κ3) is 6.30. The summed E-state index contributed by atoms with van der Waals surface area (Å²) in [6, 6.07) is 9.02.